The summed E-state index contributed by atoms with van der Waals surface area (Å²) in [6.45, 7) is 1.20. The minimum atomic E-state index is 0.602. The summed E-state index contributed by atoms with van der Waals surface area (Å²) in [5, 5.41) is 0. The van der Waals surface area contributed by atoms with E-state index in [0.717, 1.165) is 11.1 Å². The number of thiocarbonyl (C=S) groups is 2. The zero-order chi connectivity index (χ0) is 10.1. The van der Waals surface area contributed by atoms with Crippen LogP contribution in [0.15, 0.2) is 24.3 Å². The number of benzene rings is 1. The largest absolute Gasteiger partial charge is 0.326 e. The van der Waals surface area contributed by atoms with Gasteiger partial charge >= 0.3 is 0 Å². The van der Waals surface area contributed by atoms with E-state index in [1.165, 1.54) is 0 Å². The SMILES string of the molecule is NCc1ccc(CN)cc1.S=C=S. The summed E-state index contributed by atoms with van der Waals surface area (Å²) in [5.41, 5.74) is 13.1. The topological polar surface area (TPSA) is 52.0 Å². The summed E-state index contributed by atoms with van der Waals surface area (Å²) in [6.07, 6.45) is 0. The molecule has 0 atom stereocenters. The van der Waals surface area contributed by atoms with E-state index in [1.54, 1.807) is 0 Å². The van der Waals surface area contributed by atoms with Crippen molar-refractivity contribution in [3.63, 3.8) is 0 Å². The first-order valence-electron chi connectivity index (χ1n) is 3.75. The average molecular weight is 212 g/mol. The maximum absolute atomic E-state index is 5.41. The van der Waals surface area contributed by atoms with Crippen LogP contribution < -0.4 is 11.5 Å². The summed E-state index contributed by atoms with van der Waals surface area (Å²) >= 11 is 7.92. The van der Waals surface area contributed by atoms with Crippen molar-refractivity contribution in [1.82, 2.24) is 0 Å². The third-order valence-corrected chi connectivity index (χ3v) is 1.49. The van der Waals surface area contributed by atoms with Crippen molar-refractivity contribution in [3.05, 3.63) is 35.4 Å². The van der Waals surface area contributed by atoms with Gasteiger partial charge in [0.1, 0.15) is 0 Å². The second kappa shape index (κ2) is 7.98. The molecule has 4 heteroatoms. The van der Waals surface area contributed by atoms with Gasteiger partial charge in [-0.15, -0.1) is 0 Å². The molecule has 0 aromatic heterocycles. The molecule has 0 amide bonds. The van der Waals surface area contributed by atoms with Gasteiger partial charge in [-0.05, 0) is 35.6 Å². The van der Waals surface area contributed by atoms with Crippen LogP contribution in [0.4, 0.5) is 0 Å². The van der Waals surface area contributed by atoms with Crippen molar-refractivity contribution < 1.29 is 0 Å². The van der Waals surface area contributed by atoms with Gasteiger partial charge in [-0.2, -0.15) is 0 Å². The van der Waals surface area contributed by atoms with E-state index in [1.807, 2.05) is 28.6 Å². The Balaban J connectivity index is 0.000000424. The molecule has 1 rings (SSSR count). The van der Waals surface area contributed by atoms with Crippen LogP contribution in [0.3, 0.4) is 0 Å². The third-order valence-electron chi connectivity index (χ3n) is 1.49. The lowest BCUT2D eigenvalue weighted by Gasteiger charge is -1.97. The van der Waals surface area contributed by atoms with Crippen molar-refractivity contribution in [2.75, 3.05) is 0 Å². The highest BCUT2D eigenvalue weighted by Gasteiger charge is 1.88. The Hall–Kier alpha value is -0.640. The molecule has 0 spiro atoms. The highest BCUT2D eigenvalue weighted by Crippen LogP contribution is 2.01. The minimum Gasteiger partial charge on any atom is -0.326 e. The second-order valence-corrected chi connectivity index (χ2v) is 2.97. The van der Waals surface area contributed by atoms with Gasteiger partial charge < -0.3 is 11.5 Å². The minimum absolute atomic E-state index is 0.602. The van der Waals surface area contributed by atoms with Crippen LogP contribution in [-0.4, -0.2) is 4.31 Å². The molecule has 1 aromatic carbocycles. The average Bonchev–Trinajstić information content (AvgIpc) is 2.19. The highest BCUT2D eigenvalue weighted by atomic mass is 32.1. The number of hydrogen-bond acceptors (Lipinski definition) is 4. The van der Waals surface area contributed by atoms with E-state index in [0.29, 0.717) is 13.1 Å². The summed E-state index contributed by atoms with van der Waals surface area (Å²) in [6, 6.07) is 8.01. The fraction of sp³-hybridized carbons (Fsp3) is 0.222. The molecule has 0 fully saturated rings. The monoisotopic (exact) mass is 212 g/mol. The summed E-state index contributed by atoms with van der Waals surface area (Å²) < 4.78 is 1.92. The third kappa shape index (κ3) is 5.58. The fourth-order valence-corrected chi connectivity index (χ4v) is 0.811. The Labute approximate surface area is 88.9 Å². The second-order valence-electron chi connectivity index (χ2n) is 2.31. The Morgan fingerprint density at radius 2 is 1.15 bits per heavy atom. The number of nitrogens with two attached hydrogens (primary N) is 2. The van der Waals surface area contributed by atoms with Crippen molar-refractivity contribution in [1.29, 1.82) is 0 Å². The molecular formula is C9H12N2S2. The first kappa shape index (κ1) is 12.4. The molecule has 1 aromatic rings. The molecule has 13 heavy (non-hydrogen) atoms. The molecule has 0 unspecified atom stereocenters. The van der Waals surface area contributed by atoms with Gasteiger partial charge in [0.2, 0.25) is 0 Å². The van der Waals surface area contributed by atoms with Gasteiger partial charge in [0.15, 0.2) is 0 Å². The summed E-state index contributed by atoms with van der Waals surface area (Å²) in [4.78, 5) is 0. The lowest BCUT2D eigenvalue weighted by Crippen LogP contribution is -1.98. The quantitative estimate of drug-likeness (QED) is 0.732. The predicted molar refractivity (Wildman–Crippen MR) is 62.4 cm³/mol. The molecule has 0 heterocycles. The molecule has 0 saturated heterocycles. The molecule has 0 aliphatic rings. The molecule has 2 nitrogen and oxygen atoms in total. The van der Waals surface area contributed by atoms with E-state index in [4.69, 9.17) is 11.5 Å². The van der Waals surface area contributed by atoms with Crippen molar-refractivity contribution in [2.45, 2.75) is 13.1 Å². The standard InChI is InChI=1S/C8H12N2.CS2/c9-5-7-1-2-8(6-10)4-3-7;2-1-3/h1-4H,5-6,9-10H2;. The summed E-state index contributed by atoms with van der Waals surface area (Å²) in [7, 11) is 0. The molecule has 0 aliphatic heterocycles. The van der Waals surface area contributed by atoms with E-state index in [-0.39, 0.29) is 0 Å². The highest BCUT2D eigenvalue weighted by molar-refractivity contribution is 7.93. The van der Waals surface area contributed by atoms with Crippen LogP contribution in [-0.2, 0) is 13.1 Å². The Kier molecular flexibility index (Phi) is 7.59. The smallest absolute Gasteiger partial charge is 0.0297 e. The van der Waals surface area contributed by atoms with Crippen molar-refractivity contribution in [3.8, 4) is 0 Å². The first-order valence-corrected chi connectivity index (χ1v) is 4.57. The first-order chi connectivity index (χ1) is 6.28. The zero-order valence-corrected chi connectivity index (χ0v) is 8.83. The van der Waals surface area contributed by atoms with Crippen LogP contribution in [0, 0.1) is 0 Å². The molecule has 4 N–H and O–H groups in total. The van der Waals surface area contributed by atoms with Gasteiger partial charge in [0.25, 0.3) is 0 Å². The maximum atomic E-state index is 5.41. The van der Waals surface area contributed by atoms with E-state index in [2.05, 4.69) is 24.4 Å². The van der Waals surface area contributed by atoms with Gasteiger partial charge in [-0.3, -0.25) is 0 Å². The number of rotatable bonds is 2. The van der Waals surface area contributed by atoms with Gasteiger partial charge in [-0.1, -0.05) is 24.3 Å². The zero-order valence-electron chi connectivity index (χ0n) is 7.19. The predicted octanol–water partition coefficient (Wildman–Crippen LogP) is 1.62. The Morgan fingerprint density at radius 1 is 0.923 bits per heavy atom. The van der Waals surface area contributed by atoms with E-state index in [9.17, 15) is 0 Å². The Morgan fingerprint density at radius 3 is 1.31 bits per heavy atom. The molecule has 70 valence electrons. The molecular weight excluding hydrogens is 200 g/mol. The van der Waals surface area contributed by atoms with Gasteiger partial charge in [0.05, 0.1) is 0 Å². The lowest BCUT2D eigenvalue weighted by atomic mass is 10.1. The molecule has 0 radical (unpaired) electrons. The maximum Gasteiger partial charge on any atom is 0.0297 e. The number of hydrogen-bond donors (Lipinski definition) is 2. The van der Waals surface area contributed by atoms with Crippen LogP contribution in [0.1, 0.15) is 11.1 Å². The summed E-state index contributed by atoms with van der Waals surface area (Å²) in [5.74, 6) is 0. The van der Waals surface area contributed by atoms with Crippen LogP contribution in [0.5, 0.6) is 0 Å². The molecule has 0 aliphatic carbocycles. The molecule has 0 bridgehead atoms. The van der Waals surface area contributed by atoms with Gasteiger partial charge in [-0.25, -0.2) is 0 Å². The lowest BCUT2D eigenvalue weighted by molar-refractivity contribution is 1.04. The van der Waals surface area contributed by atoms with Crippen molar-refractivity contribution >= 4 is 28.7 Å². The van der Waals surface area contributed by atoms with Gasteiger partial charge in [0, 0.05) is 17.4 Å². The van der Waals surface area contributed by atoms with Crippen LogP contribution >= 0.6 is 24.4 Å². The van der Waals surface area contributed by atoms with Crippen LogP contribution in [0.25, 0.3) is 0 Å². The van der Waals surface area contributed by atoms with Crippen LogP contribution in [0.2, 0.25) is 0 Å². The van der Waals surface area contributed by atoms with Crippen molar-refractivity contribution in [2.24, 2.45) is 11.5 Å². The van der Waals surface area contributed by atoms with E-state index >= 15 is 0 Å². The Bertz CT molecular complexity index is 240. The normalized spacial score (nSPS) is 8.15. The molecule has 0 saturated carbocycles. The fourth-order valence-electron chi connectivity index (χ4n) is 0.811. The van der Waals surface area contributed by atoms with E-state index < -0.39 is 0 Å².